The van der Waals surface area contributed by atoms with Crippen LogP contribution in [-0.2, 0) is 9.53 Å². The molecule has 2 aromatic heterocycles. The zero-order valence-electron chi connectivity index (χ0n) is 13.7. The highest BCUT2D eigenvalue weighted by molar-refractivity contribution is 7.10. The zero-order chi connectivity index (χ0) is 17.6. The van der Waals surface area contributed by atoms with Gasteiger partial charge < -0.3 is 13.9 Å². The van der Waals surface area contributed by atoms with E-state index in [2.05, 4.69) is 10.2 Å². The molecule has 0 aliphatic heterocycles. The minimum atomic E-state index is -0.639. The predicted octanol–water partition coefficient (Wildman–Crippen LogP) is 4.12. The number of hydrogen-bond donors (Lipinski definition) is 0. The molecule has 1 atom stereocenters. The van der Waals surface area contributed by atoms with Crippen molar-refractivity contribution in [2.75, 3.05) is 7.11 Å². The van der Waals surface area contributed by atoms with Crippen molar-refractivity contribution in [3.8, 4) is 17.2 Å². The van der Waals surface area contributed by atoms with Crippen molar-refractivity contribution in [3.63, 3.8) is 0 Å². The lowest BCUT2D eigenvalue weighted by molar-refractivity contribution is -0.143. The fourth-order valence-electron chi connectivity index (χ4n) is 2.05. The highest BCUT2D eigenvalue weighted by Crippen LogP contribution is 2.24. The molecule has 0 aliphatic rings. The van der Waals surface area contributed by atoms with Crippen LogP contribution in [0.15, 0.2) is 52.3 Å². The number of thiophene rings is 1. The van der Waals surface area contributed by atoms with Crippen molar-refractivity contribution in [1.29, 1.82) is 0 Å². The highest BCUT2D eigenvalue weighted by Gasteiger charge is 2.18. The number of carbonyl (C=O) groups excluding carboxylic acids is 1. The van der Waals surface area contributed by atoms with E-state index in [1.807, 2.05) is 29.6 Å². The van der Waals surface area contributed by atoms with Crippen LogP contribution >= 0.6 is 11.3 Å². The molecule has 0 saturated heterocycles. The molecule has 0 fully saturated rings. The van der Waals surface area contributed by atoms with E-state index < -0.39 is 12.1 Å². The van der Waals surface area contributed by atoms with Crippen LogP contribution in [0.25, 0.3) is 17.5 Å². The summed E-state index contributed by atoms with van der Waals surface area (Å²) < 4.78 is 16.0. The molecule has 0 aliphatic carbocycles. The first-order valence-corrected chi connectivity index (χ1v) is 8.43. The van der Waals surface area contributed by atoms with E-state index in [0.717, 1.165) is 16.2 Å². The summed E-state index contributed by atoms with van der Waals surface area (Å²) in [6.07, 6.45) is 2.44. The van der Waals surface area contributed by atoms with Gasteiger partial charge in [0, 0.05) is 16.5 Å². The van der Waals surface area contributed by atoms with Crippen LogP contribution in [0.1, 0.15) is 23.8 Å². The summed E-state index contributed by atoms with van der Waals surface area (Å²) in [6.45, 7) is 1.68. The third kappa shape index (κ3) is 4.33. The zero-order valence-corrected chi connectivity index (χ0v) is 14.5. The second-order valence-corrected chi connectivity index (χ2v) is 6.08. The van der Waals surface area contributed by atoms with Crippen LogP contribution in [0.3, 0.4) is 0 Å². The molecule has 128 valence electrons. The van der Waals surface area contributed by atoms with Crippen LogP contribution in [0, 0.1) is 0 Å². The van der Waals surface area contributed by atoms with Crippen LogP contribution in [0.5, 0.6) is 5.75 Å². The third-order valence-electron chi connectivity index (χ3n) is 3.35. The Morgan fingerprint density at radius 1 is 1.24 bits per heavy atom. The van der Waals surface area contributed by atoms with Crippen molar-refractivity contribution < 1.29 is 18.7 Å². The molecule has 2 heterocycles. The van der Waals surface area contributed by atoms with Gasteiger partial charge in [-0.1, -0.05) is 6.07 Å². The van der Waals surface area contributed by atoms with E-state index >= 15 is 0 Å². The Hall–Kier alpha value is -2.93. The molecule has 0 spiro atoms. The van der Waals surface area contributed by atoms with Gasteiger partial charge in [0.15, 0.2) is 6.10 Å². The standard InChI is InChI=1S/C18H16N2O4S/c1-12(23-16(21)10-9-15-4-3-11-25-15)17-19-20-18(24-17)13-5-7-14(22-2)8-6-13/h3-12H,1-2H3/b10-9+/t12-/m1/s1. The van der Waals surface area contributed by atoms with E-state index in [1.165, 1.54) is 17.4 Å². The molecular formula is C18H16N2O4S. The maximum absolute atomic E-state index is 11.9. The van der Waals surface area contributed by atoms with Gasteiger partial charge in [-0.05, 0) is 48.7 Å². The maximum atomic E-state index is 11.9. The normalized spacial score (nSPS) is 12.2. The van der Waals surface area contributed by atoms with E-state index in [4.69, 9.17) is 13.9 Å². The summed E-state index contributed by atoms with van der Waals surface area (Å²) in [5.41, 5.74) is 0.760. The van der Waals surface area contributed by atoms with E-state index in [1.54, 1.807) is 32.2 Å². The van der Waals surface area contributed by atoms with Gasteiger partial charge in [-0.25, -0.2) is 4.79 Å². The van der Waals surface area contributed by atoms with E-state index in [0.29, 0.717) is 5.89 Å². The largest absolute Gasteiger partial charge is 0.497 e. The smallest absolute Gasteiger partial charge is 0.331 e. The molecule has 6 nitrogen and oxygen atoms in total. The first-order valence-electron chi connectivity index (χ1n) is 7.56. The summed E-state index contributed by atoms with van der Waals surface area (Å²) >= 11 is 1.54. The quantitative estimate of drug-likeness (QED) is 0.488. The summed E-state index contributed by atoms with van der Waals surface area (Å²) in [5.74, 6) is 0.867. The maximum Gasteiger partial charge on any atom is 0.331 e. The van der Waals surface area contributed by atoms with Crippen LogP contribution in [-0.4, -0.2) is 23.3 Å². The Morgan fingerprint density at radius 2 is 2.04 bits per heavy atom. The molecule has 0 amide bonds. The monoisotopic (exact) mass is 356 g/mol. The van der Waals surface area contributed by atoms with Crippen LogP contribution < -0.4 is 4.74 Å². The Balaban J connectivity index is 1.63. The minimum absolute atomic E-state index is 0.240. The fourth-order valence-corrected chi connectivity index (χ4v) is 2.67. The molecule has 7 heteroatoms. The van der Waals surface area contributed by atoms with Crippen LogP contribution in [0.4, 0.5) is 0 Å². The van der Waals surface area contributed by atoms with Crippen molar-refractivity contribution in [1.82, 2.24) is 10.2 Å². The number of carbonyl (C=O) groups is 1. The van der Waals surface area contributed by atoms with E-state index in [-0.39, 0.29) is 5.89 Å². The minimum Gasteiger partial charge on any atom is -0.497 e. The second-order valence-electron chi connectivity index (χ2n) is 5.10. The van der Waals surface area contributed by atoms with Crippen molar-refractivity contribution in [3.05, 3.63) is 58.6 Å². The Bertz CT molecular complexity index is 854. The number of aromatic nitrogens is 2. The number of esters is 1. The number of ether oxygens (including phenoxy) is 2. The Labute approximate surface area is 148 Å². The van der Waals surface area contributed by atoms with Gasteiger partial charge in [-0.3, -0.25) is 0 Å². The van der Waals surface area contributed by atoms with Gasteiger partial charge in [0.2, 0.25) is 5.89 Å². The first kappa shape index (κ1) is 16.9. The number of rotatable bonds is 6. The van der Waals surface area contributed by atoms with Crippen molar-refractivity contribution in [2.24, 2.45) is 0 Å². The highest BCUT2D eigenvalue weighted by atomic mass is 32.1. The molecule has 1 aromatic carbocycles. The Morgan fingerprint density at radius 3 is 2.72 bits per heavy atom. The second kappa shape index (κ2) is 7.76. The molecule has 3 aromatic rings. The fraction of sp³-hybridized carbons (Fsp3) is 0.167. The predicted molar refractivity (Wildman–Crippen MR) is 94.1 cm³/mol. The van der Waals surface area contributed by atoms with Crippen molar-refractivity contribution in [2.45, 2.75) is 13.0 Å². The van der Waals surface area contributed by atoms with Gasteiger partial charge >= 0.3 is 5.97 Å². The van der Waals surface area contributed by atoms with Crippen molar-refractivity contribution >= 4 is 23.4 Å². The van der Waals surface area contributed by atoms with Gasteiger partial charge in [-0.2, -0.15) is 0 Å². The first-order chi connectivity index (χ1) is 12.2. The molecule has 0 unspecified atom stereocenters. The summed E-state index contributed by atoms with van der Waals surface area (Å²) in [6, 6.07) is 11.1. The molecule has 0 saturated carbocycles. The number of hydrogen-bond acceptors (Lipinski definition) is 7. The molecule has 0 N–H and O–H groups in total. The molecule has 25 heavy (non-hydrogen) atoms. The van der Waals surface area contributed by atoms with Gasteiger partial charge in [-0.15, -0.1) is 21.5 Å². The molecule has 3 rings (SSSR count). The average Bonchev–Trinajstić information content (AvgIpc) is 3.32. The molecular weight excluding hydrogens is 340 g/mol. The van der Waals surface area contributed by atoms with E-state index in [9.17, 15) is 4.79 Å². The van der Waals surface area contributed by atoms with Crippen LogP contribution in [0.2, 0.25) is 0 Å². The van der Waals surface area contributed by atoms with Gasteiger partial charge in [0.1, 0.15) is 5.75 Å². The lowest BCUT2D eigenvalue weighted by Crippen LogP contribution is -2.06. The molecule has 0 bridgehead atoms. The number of benzene rings is 1. The summed E-state index contributed by atoms with van der Waals surface area (Å²) in [5, 5.41) is 9.88. The lowest BCUT2D eigenvalue weighted by Gasteiger charge is -2.06. The molecule has 0 radical (unpaired) electrons. The SMILES string of the molecule is COc1ccc(-c2nnc([C@@H](C)OC(=O)/C=C/c3cccs3)o2)cc1. The number of methoxy groups -OCH3 is 1. The summed E-state index contributed by atoms with van der Waals surface area (Å²) in [7, 11) is 1.60. The average molecular weight is 356 g/mol. The lowest BCUT2D eigenvalue weighted by atomic mass is 10.2. The Kier molecular flexibility index (Phi) is 5.25. The third-order valence-corrected chi connectivity index (χ3v) is 4.18. The summed E-state index contributed by atoms with van der Waals surface area (Å²) in [4.78, 5) is 12.8. The van der Waals surface area contributed by atoms with Gasteiger partial charge in [0.25, 0.3) is 5.89 Å². The van der Waals surface area contributed by atoms with Gasteiger partial charge in [0.05, 0.1) is 7.11 Å². The number of nitrogens with zero attached hydrogens (tertiary/aromatic N) is 2. The topological polar surface area (TPSA) is 74.5 Å².